The summed E-state index contributed by atoms with van der Waals surface area (Å²) in [7, 11) is 1.67. The topological polar surface area (TPSA) is 38.7 Å². The minimum absolute atomic E-state index is 0.380. The number of carbonyl (C=O) groups excluding carboxylic acids is 1. The highest BCUT2D eigenvalue weighted by molar-refractivity contribution is 5.42. The molecule has 1 aromatic rings. The molecule has 0 radical (unpaired) electrons. The molecule has 0 amide bonds. The summed E-state index contributed by atoms with van der Waals surface area (Å²) in [4.78, 5) is 13.5. The van der Waals surface area contributed by atoms with Crippen molar-refractivity contribution in [3.05, 3.63) is 29.3 Å². The molecule has 3 heteroatoms. The Labute approximate surface area is 88.8 Å². The summed E-state index contributed by atoms with van der Waals surface area (Å²) in [6.07, 6.45) is 4.04. The zero-order valence-corrected chi connectivity index (χ0v) is 8.69. The summed E-state index contributed by atoms with van der Waals surface area (Å²) in [6, 6.07) is 6.03. The molecule has 0 aliphatic heterocycles. The average Bonchev–Trinajstić information content (AvgIpc) is 3.09. The first-order valence-electron chi connectivity index (χ1n) is 5.05. The van der Waals surface area contributed by atoms with Gasteiger partial charge in [-0.3, -0.25) is 0 Å². The molecule has 0 N–H and O–H groups in total. The van der Waals surface area contributed by atoms with Gasteiger partial charge < -0.3 is 4.74 Å². The third-order valence-corrected chi connectivity index (χ3v) is 2.64. The predicted octanol–water partition coefficient (Wildman–Crippen LogP) is 2.41. The number of benzene rings is 1. The largest absolute Gasteiger partial charge is 0.496 e. The van der Waals surface area contributed by atoms with Gasteiger partial charge in [0, 0.05) is 0 Å². The fraction of sp³-hybridized carbons (Fsp3) is 0.417. The maximum absolute atomic E-state index is 9.99. The third-order valence-electron chi connectivity index (χ3n) is 2.64. The van der Waals surface area contributed by atoms with Crippen LogP contribution in [0.1, 0.15) is 29.9 Å². The Kier molecular flexibility index (Phi) is 2.84. The summed E-state index contributed by atoms with van der Waals surface area (Å²) in [5, 5.41) is 0. The van der Waals surface area contributed by atoms with Crippen molar-refractivity contribution >= 4 is 6.08 Å². The quantitative estimate of drug-likeness (QED) is 0.556. The van der Waals surface area contributed by atoms with Gasteiger partial charge in [0.25, 0.3) is 0 Å². The highest BCUT2D eigenvalue weighted by atomic mass is 16.5. The molecule has 15 heavy (non-hydrogen) atoms. The van der Waals surface area contributed by atoms with Crippen LogP contribution in [-0.4, -0.2) is 13.2 Å². The Balaban J connectivity index is 2.24. The first-order chi connectivity index (χ1) is 7.35. The summed E-state index contributed by atoms with van der Waals surface area (Å²) in [5.74, 6) is 1.58. The summed E-state index contributed by atoms with van der Waals surface area (Å²) in [5.41, 5.74) is 2.26. The summed E-state index contributed by atoms with van der Waals surface area (Å²) >= 11 is 0. The van der Waals surface area contributed by atoms with Crippen molar-refractivity contribution in [3.63, 3.8) is 0 Å². The molecule has 0 atom stereocenters. The average molecular weight is 203 g/mol. The van der Waals surface area contributed by atoms with Gasteiger partial charge in [0.05, 0.1) is 13.7 Å². The van der Waals surface area contributed by atoms with E-state index in [0.717, 1.165) is 11.3 Å². The SMILES string of the molecule is COc1cc(CN=C=O)ccc1C1CC1. The van der Waals surface area contributed by atoms with E-state index in [1.807, 2.05) is 12.1 Å². The van der Waals surface area contributed by atoms with Crippen molar-refractivity contribution in [2.75, 3.05) is 7.11 Å². The van der Waals surface area contributed by atoms with Crippen LogP contribution in [0.4, 0.5) is 0 Å². The Bertz CT molecular complexity index is 404. The molecule has 0 heterocycles. The minimum atomic E-state index is 0.380. The number of hydrogen-bond donors (Lipinski definition) is 0. The molecule has 1 aliphatic carbocycles. The summed E-state index contributed by atoms with van der Waals surface area (Å²) in [6.45, 7) is 0.380. The van der Waals surface area contributed by atoms with Gasteiger partial charge in [0.15, 0.2) is 0 Å². The molecule has 0 saturated heterocycles. The van der Waals surface area contributed by atoms with E-state index in [9.17, 15) is 4.79 Å². The number of hydrogen-bond acceptors (Lipinski definition) is 3. The lowest BCUT2D eigenvalue weighted by molar-refractivity contribution is 0.409. The van der Waals surface area contributed by atoms with Crippen LogP contribution in [0, 0.1) is 0 Å². The predicted molar refractivity (Wildman–Crippen MR) is 56.8 cm³/mol. The first kappa shape index (κ1) is 9.94. The number of isocyanates is 1. The van der Waals surface area contributed by atoms with Crippen molar-refractivity contribution in [1.29, 1.82) is 0 Å². The molecule has 0 spiro atoms. The van der Waals surface area contributed by atoms with E-state index in [1.165, 1.54) is 24.5 Å². The van der Waals surface area contributed by atoms with Gasteiger partial charge in [0.1, 0.15) is 5.75 Å². The van der Waals surface area contributed by atoms with Gasteiger partial charge in [-0.05, 0) is 36.0 Å². The number of methoxy groups -OCH3 is 1. The normalized spacial score (nSPS) is 14.5. The van der Waals surface area contributed by atoms with Gasteiger partial charge in [-0.1, -0.05) is 12.1 Å². The van der Waals surface area contributed by atoms with Crippen LogP contribution >= 0.6 is 0 Å². The van der Waals surface area contributed by atoms with Crippen molar-refractivity contribution in [3.8, 4) is 5.75 Å². The number of aliphatic imine (C=N–C) groups is 1. The molecular weight excluding hydrogens is 190 g/mol. The number of rotatable bonds is 4. The van der Waals surface area contributed by atoms with Gasteiger partial charge in [-0.25, -0.2) is 9.79 Å². The smallest absolute Gasteiger partial charge is 0.235 e. The molecule has 1 aliphatic rings. The molecule has 1 saturated carbocycles. The molecule has 1 aromatic carbocycles. The Morgan fingerprint density at radius 2 is 2.33 bits per heavy atom. The summed E-state index contributed by atoms with van der Waals surface area (Å²) < 4.78 is 5.33. The lowest BCUT2D eigenvalue weighted by atomic mass is 10.1. The van der Waals surface area contributed by atoms with Crippen molar-refractivity contribution in [2.24, 2.45) is 4.99 Å². The number of nitrogens with zero attached hydrogens (tertiary/aromatic N) is 1. The molecule has 0 aromatic heterocycles. The van der Waals surface area contributed by atoms with E-state index in [4.69, 9.17) is 4.74 Å². The van der Waals surface area contributed by atoms with Crippen LogP contribution < -0.4 is 4.74 Å². The van der Waals surface area contributed by atoms with E-state index in [0.29, 0.717) is 12.5 Å². The van der Waals surface area contributed by atoms with Crippen molar-refractivity contribution in [1.82, 2.24) is 0 Å². The second kappa shape index (κ2) is 4.28. The third kappa shape index (κ3) is 2.25. The van der Waals surface area contributed by atoms with E-state index < -0.39 is 0 Å². The van der Waals surface area contributed by atoms with Crippen molar-refractivity contribution < 1.29 is 9.53 Å². The maximum Gasteiger partial charge on any atom is 0.235 e. The van der Waals surface area contributed by atoms with E-state index >= 15 is 0 Å². The second-order valence-corrected chi connectivity index (χ2v) is 3.76. The molecule has 0 bridgehead atoms. The lowest BCUT2D eigenvalue weighted by Gasteiger charge is -2.08. The molecule has 78 valence electrons. The maximum atomic E-state index is 9.99. The zero-order chi connectivity index (χ0) is 10.7. The lowest BCUT2D eigenvalue weighted by Crippen LogP contribution is -1.92. The van der Waals surface area contributed by atoms with Gasteiger partial charge >= 0.3 is 0 Å². The zero-order valence-electron chi connectivity index (χ0n) is 8.69. The van der Waals surface area contributed by atoms with E-state index in [1.54, 1.807) is 7.11 Å². The molecular formula is C12H13NO2. The second-order valence-electron chi connectivity index (χ2n) is 3.76. The van der Waals surface area contributed by atoms with Gasteiger partial charge in [0.2, 0.25) is 6.08 Å². The Morgan fingerprint density at radius 3 is 2.93 bits per heavy atom. The Morgan fingerprint density at radius 1 is 1.53 bits per heavy atom. The van der Waals surface area contributed by atoms with Crippen LogP contribution in [0.5, 0.6) is 5.75 Å². The fourth-order valence-electron chi connectivity index (χ4n) is 1.71. The van der Waals surface area contributed by atoms with Crippen LogP contribution in [0.15, 0.2) is 23.2 Å². The van der Waals surface area contributed by atoms with Crippen LogP contribution in [-0.2, 0) is 11.3 Å². The molecule has 3 nitrogen and oxygen atoms in total. The monoisotopic (exact) mass is 203 g/mol. The van der Waals surface area contributed by atoms with Crippen LogP contribution in [0.2, 0.25) is 0 Å². The van der Waals surface area contributed by atoms with Gasteiger partial charge in [-0.2, -0.15) is 0 Å². The highest BCUT2D eigenvalue weighted by Gasteiger charge is 2.26. The Hall–Kier alpha value is -1.60. The standard InChI is InChI=1S/C12H13NO2/c1-15-12-6-9(7-13-8-14)2-5-11(12)10-3-4-10/h2,5-6,10H,3-4,7H2,1H3. The molecule has 2 rings (SSSR count). The van der Waals surface area contributed by atoms with Crippen LogP contribution in [0.3, 0.4) is 0 Å². The van der Waals surface area contributed by atoms with Crippen LogP contribution in [0.25, 0.3) is 0 Å². The van der Waals surface area contributed by atoms with Gasteiger partial charge in [-0.15, -0.1) is 0 Å². The number of ether oxygens (including phenoxy) is 1. The molecule has 1 fully saturated rings. The van der Waals surface area contributed by atoms with Crippen molar-refractivity contribution in [2.45, 2.75) is 25.3 Å². The fourth-order valence-corrected chi connectivity index (χ4v) is 1.71. The highest BCUT2D eigenvalue weighted by Crippen LogP contribution is 2.44. The van der Waals surface area contributed by atoms with E-state index in [-0.39, 0.29) is 0 Å². The minimum Gasteiger partial charge on any atom is -0.496 e. The first-order valence-corrected chi connectivity index (χ1v) is 5.05. The van der Waals surface area contributed by atoms with E-state index in [2.05, 4.69) is 11.1 Å². The molecule has 0 unspecified atom stereocenters.